The smallest absolute Gasteiger partial charge is 0.119 e. The van der Waals surface area contributed by atoms with Gasteiger partial charge in [-0.3, -0.25) is 0 Å². The number of hydrogen-bond donors (Lipinski definition) is 1. The van der Waals surface area contributed by atoms with Crippen molar-refractivity contribution >= 4 is 15.9 Å². The van der Waals surface area contributed by atoms with E-state index in [1.807, 2.05) is 12.1 Å². The lowest BCUT2D eigenvalue weighted by Crippen LogP contribution is -2.24. The van der Waals surface area contributed by atoms with E-state index in [4.69, 9.17) is 4.74 Å². The number of nitrogens with one attached hydrogen (secondary N) is 1. The summed E-state index contributed by atoms with van der Waals surface area (Å²) in [6.07, 6.45) is 1.11. The maximum Gasteiger partial charge on any atom is 0.119 e. The lowest BCUT2D eigenvalue weighted by molar-refractivity contribution is 0.414. The van der Waals surface area contributed by atoms with Gasteiger partial charge >= 0.3 is 0 Å². The van der Waals surface area contributed by atoms with E-state index < -0.39 is 0 Å². The van der Waals surface area contributed by atoms with E-state index in [1.165, 1.54) is 16.7 Å². The summed E-state index contributed by atoms with van der Waals surface area (Å²) in [6.45, 7) is 5.30. The van der Waals surface area contributed by atoms with Crippen molar-refractivity contribution in [3.05, 3.63) is 63.6 Å². The molecule has 0 heterocycles. The van der Waals surface area contributed by atoms with Gasteiger partial charge in [0, 0.05) is 4.47 Å². The highest BCUT2D eigenvalue weighted by atomic mass is 79.9. The average Bonchev–Trinajstić information content (AvgIpc) is 2.50. The van der Waals surface area contributed by atoms with Crippen LogP contribution in [0.15, 0.2) is 46.9 Å². The zero-order valence-electron chi connectivity index (χ0n) is 12.8. The van der Waals surface area contributed by atoms with Crippen molar-refractivity contribution in [3.63, 3.8) is 0 Å². The number of benzene rings is 2. The molecule has 21 heavy (non-hydrogen) atoms. The molecule has 0 radical (unpaired) electrons. The van der Waals surface area contributed by atoms with E-state index in [2.05, 4.69) is 65.4 Å². The number of halogens is 1. The SMILES string of the molecule is CCCNC(c1ccc(OC)cc1C)c1ccccc1Br. The molecule has 0 amide bonds. The van der Waals surface area contributed by atoms with E-state index in [0.29, 0.717) is 0 Å². The third-order valence-corrected chi connectivity index (χ3v) is 4.32. The molecule has 1 atom stereocenters. The fourth-order valence-corrected chi connectivity index (χ4v) is 3.00. The Kier molecular flexibility index (Phi) is 5.83. The number of hydrogen-bond acceptors (Lipinski definition) is 2. The first kappa shape index (κ1) is 16.1. The zero-order valence-corrected chi connectivity index (χ0v) is 14.4. The summed E-state index contributed by atoms with van der Waals surface area (Å²) >= 11 is 3.67. The molecule has 0 fully saturated rings. The van der Waals surface area contributed by atoms with Crippen molar-refractivity contribution in [2.24, 2.45) is 0 Å². The molecular formula is C18H22BrNO. The molecule has 1 N–H and O–H groups in total. The molecule has 112 valence electrons. The molecule has 0 aliphatic carbocycles. The fraction of sp³-hybridized carbons (Fsp3) is 0.333. The molecule has 0 aliphatic heterocycles. The van der Waals surface area contributed by atoms with Gasteiger partial charge in [0.15, 0.2) is 0 Å². The summed E-state index contributed by atoms with van der Waals surface area (Å²) < 4.78 is 6.44. The maximum atomic E-state index is 5.31. The molecule has 3 heteroatoms. The lowest BCUT2D eigenvalue weighted by Gasteiger charge is -2.23. The van der Waals surface area contributed by atoms with Gasteiger partial charge in [-0.05, 0) is 54.8 Å². The maximum absolute atomic E-state index is 5.31. The molecule has 1 unspecified atom stereocenters. The Morgan fingerprint density at radius 1 is 1.14 bits per heavy atom. The predicted octanol–water partition coefficient (Wildman–Crippen LogP) is 4.86. The summed E-state index contributed by atoms with van der Waals surface area (Å²) in [7, 11) is 1.70. The highest BCUT2D eigenvalue weighted by Gasteiger charge is 2.18. The van der Waals surface area contributed by atoms with Crippen LogP contribution in [0.4, 0.5) is 0 Å². The second-order valence-corrected chi connectivity index (χ2v) is 5.99. The first-order valence-electron chi connectivity index (χ1n) is 7.29. The standard InChI is InChI=1S/C18H22BrNO/c1-4-11-20-18(16-7-5-6-8-17(16)19)15-10-9-14(21-3)12-13(15)2/h5-10,12,18,20H,4,11H2,1-3H3. The van der Waals surface area contributed by atoms with Crippen LogP contribution in [0.2, 0.25) is 0 Å². The highest BCUT2D eigenvalue weighted by Crippen LogP contribution is 2.31. The first-order chi connectivity index (χ1) is 10.2. The molecule has 0 saturated heterocycles. The van der Waals surface area contributed by atoms with Gasteiger partial charge in [0.05, 0.1) is 13.2 Å². The van der Waals surface area contributed by atoms with Crippen molar-refractivity contribution in [3.8, 4) is 5.75 Å². The molecule has 2 aromatic rings. The molecule has 0 aliphatic rings. The van der Waals surface area contributed by atoms with E-state index >= 15 is 0 Å². The second-order valence-electron chi connectivity index (χ2n) is 5.13. The Hall–Kier alpha value is -1.32. The van der Waals surface area contributed by atoms with Crippen LogP contribution in [0, 0.1) is 6.92 Å². The van der Waals surface area contributed by atoms with Crippen LogP contribution < -0.4 is 10.1 Å². The zero-order chi connectivity index (χ0) is 15.2. The third-order valence-electron chi connectivity index (χ3n) is 3.60. The number of rotatable bonds is 6. The normalized spacial score (nSPS) is 12.2. The van der Waals surface area contributed by atoms with Gasteiger partial charge in [0.2, 0.25) is 0 Å². The van der Waals surface area contributed by atoms with Crippen LogP contribution in [-0.4, -0.2) is 13.7 Å². The average molecular weight is 348 g/mol. The summed E-state index contributed by atoms with van der Waals surface area (Å²) in [4.78, 5) is 0. The van der Waals surface area contributed by atoms with Gasteiger partial charge in [-0.1, -0.05) is 47.1 Å². The van der Waals surface area contributed by atoms with Gasteiger partial charge in [0.25, 0.3) is 0 Å². The second kappa shape index (κ2) is 7.62. The molecule has 0 spiro atoms. The van der Waals surface area contributed by atoms with Crippen LogP contribution in [-0.2, 0) is 0 Å². The minimum absolute atomic E-state index is 0.187. The highest BCUT2D eigenvalue weighted by molar-refractivity contribution is 9.10. The molecule has 2 nitrogen and oxygen atoms in total. The van der Waals surface area contributed by atoms with Gasteiger partial charge in [0.1, 0.15) is 5.75 Å². The number of aryl methyl sites for hydroxylation is 1. The topological polar surface area (TPSA) is 21.3 Å². The number of ether oxygens (including phenoxy) is 1. The third kappa shape index (κ3) is 3.86. The van der Waals surface area contributed by atoms with E-state index in [9.17, 15) is 0 Å². The minimum atomic E-state index is 0.187. The summed E-state index contributed by atoms with van der Waals surface area (Å²) in [5.41, 5.74) is 3.79. The molecule has 0 bridgehead atoms. The predicted molar refractivity (Wildman–Crippen MR) is 92.0 cm³/mol. The van der Waals surface area contributed by atoms with Gasteiger partial charge in [-0.25, -0.2) is 0 Å². The molecule has 2 rings (SSSR count). The van der Waals surface area contributed by atoms with Crippen molar-refractivity contribution in [2.45, 2.75) is 26.3 Å². The van der Waals surface area contributed by atoms with Crippen LogP contribution in [0.3, 0.4) is 0 Å². The Balaban J connectivity index is 2.43. The van der Waals surface area contributed by atoms with Crippen molar-refractivity contribution in [2.75, 3.05) is 13.7 Å². The minimum Gasteiger partial charge on any atom is -0.497 e. The van der Waals surface area contributed by atoms with Gasteiger partial charge in [-0.15, -0.1) is 0 Å². The molecular weight excluding hydrogens is 326 g/mol. The van der Waals surface area contributed by atoms with Crippen LogP contribution in [0.25, 0.3) is 0 Å². The van der Waals surface area contributed by atoms with Crippen molar-refractivity contribution in [1.82, 2.24) is 5.32 Å². The van der Waals surface area contributed by atoms with Crippen LogP contribution in [0.1, 0.15) is 36.1 Å². The Morgan fingerprint density at radius 2 is 1.90 bits per heavy atom. The monoisotopic (exact) mass is 347 g/mol. The van der Waals surface area contributed by atoms with Gasteiger partial charge < -0.3 is 10.1 Å². The van der Waals surface area contributed by atoms with E-state index in [0.717, 1.165) is 23.2 Å². The van der Waals surface area contributed by atoms with Gasteiger partial charge in [-0.2, -0.15) is 0 Å². The van der Waals surface area contributed by atoms with E-state index in [1.54, 1.807) is 7.11 Å². The summed E-state index contributed by atoms with van der Waals surface area (Å²) in [6, 6.07) is 14.8. The van der Waals surface area contributed by atoms with Crippen molar-refractivity contribution < 1.29 is 4.74 Å². The number of methoxy groups -OCH3 is 1. The van der Waals surface area contributed by atoms with Crippen LogP contribution >= 0.6 is 15.9 Å². The molecule has 2 aromatic carbocycles. The lowest BCUT2D eigenvalue weighted by atomic mass is 9.94. The summed E-state index contributed by atoms with van der Waals surface area (Å²) in [5, 5.41) is 3.65. The fourth-order valence-electron chi connectivity index (χ4n) is 2.48. The summed E-state index contributed by atoms with van der Waals surface area (Å²) in [5.74, 6) is 0.901. The Labute approximate surface area is 135 Å². The van der Waals surface area contributed by atoms with E-state index in [-0.39, 0.29) is 6.04 Å². The molecule has 0 aromatic heterocycles. The van der Waals surface area contributed by atoms with Crippen LogP contribution in [0.5, 0.6) is 5.75 Å². The van der Waals surface area contributed by atoms with Crippen molar-refractivity contribution in [1.29, 1.82) is 0 Å². The molecule has 0 saturated carbocycles. The first-order valence-corrected chi connectivity index (χ1v) is 8.09. The Bertz CT molecular complexity index is 598. The quantitative estimate of drug-likeness (QED) is 0.805. The Morgan fingerprint density at radius 3 is 2.52 bits per heavy atom. The largest absolute Gasteiger partial charge is 0.497 e.